The third kappa shape index (κ3) is 5.17. The van der Waals surface area contributed by atoms with E-state index < -0.39 is 23.5 Å². The molecule has 9 heteroatoms. The van der Waals surface area contributed by atoms with Gasteiger partial charge in [0.15, 0.2) is 16.8 Å². The molecule has 5 nitrogen and oxygen atoms in total. The largest absolute Gasteiger partial charge is 0.465 e. The van der Waals surface area contributed by atoms with Crippen LogP contribution < -0.4 is 0 Å². The molecule has 2 aromatic rings. The number of rotatable bonds is 6. The van der Waals surface area contributed by atoms with Gasteiger partial charge in [-0.1, -0.05) is 23.2 Å². The lowest BCUT2D eigenvalue weighted by Gasteiger charge is -2.12. The van der Waals surface area contributed by atoms with Gasteiger partial charge in [-0.2, -0.15) is 0 Å². The summed E-state index contributed by atoms with van der Waals surface area (Å²) < 4.78 is 32.2. The molecule has 0 aliphatic carbocycles. The molecule has 1 unspecified atom stereocenters. The summed E-state index contributed by atoms with van der Waals surface area (Å²) in [5, 5.41) is -0.404. The minimum Gasteiger partial charge on any atom is -0.465 e. The Morgan fingerprint density at radius 1 is 1.36 bits per heavy atom. The zero-order valence-corrected chi connectivity index (χ0v) is 14.6. The fourth-order valence-corrected chi connectivity index (χ4v) is 2.35. The van der Waals surface area contributed by atoms with E-state index in [2.05, 4.69) is 15.0 Å². The van der Waals surface area contributed by atoms with Crippen molar-refractivity contribution in [2.75, 3.05) is 6.61 Å². The third-order valence-corrected chi connectivity index (χ3v) is 3.73. The number of aromatic nitrogens is 2. The molecule has 132 valence electrons. The molecule has 2 rings (SSSR count). The Hall–Kier alpha value is -2.12. The Morgan fingerprint density at radius 3 is 2.80 bits per heavy atom. The molecule has 1 atom stereocenters. The van der Waals surface area contributed by atoms with E-state index in [0.717, 1.165) is 12.3 Å². The lowest BCUT2D eigenvalue weighted by molar-refractivity contribution is -0.145. The molecule has 25 heavy (non-hydrogen) atoms. The molecule has 0 N–H and O–H groups in total. The van der Waals surface area contributed by atoms with Gasteiger partial charge in [-0.3, -0.25) is 14.8 Å². The van der Waals surface area contributed by atoms with Crippen LogP contribution in [0.5, 0.6) is 0 Å². The molecule has 0 radical (unpaired) electrons. The molecule has 2 heterocycles. The number of carbonyl (C=O) groups is 1. The summed E-state index contributed by atoms with van der Waals surface area (Å²) in [6.07, 6.45) is 3.56. The van der Waals surface area contributed by atoms with E-state index in [1.54, 1.807) is 6.92 Å². The van der Waals surface area contributed by atoms with Gasteiger partial charge in [0.25, 0.3) is 0 Å². The Balaban J connectivity index is 2.29. The average molecular weight is 388 g/mol. The summed E-state index contributed by atoms with van der Waals surface area (Å²) in [7, 11) is 0. The molecule has 0 saturated heterocycles. The van der Waals surface area contributed by atoms with Crippen LogP contribution in [0.15, 0.2) is 29.5 Å². The van der Waals surface area contributed by atoms with E-state index in [9.17, 15) is 13.6 Å². The van der Waals surface area contributed by atoms with Crippen LogP contribution in [0.25, 0.3) is 0 Å². The Labute approximate surface area is 152 Å². The fourth-order valence-electron chi connectivity index (χ4n) is 1.95. The van der Waals surface area contributed by atoms with Crippen LogP contribution in [-0.4, -0.2) is 28.8 Å². The predicted octanol–water partition coefficient (Wildman–Crippen LogP) is 4.19. The van der Waals surface area contributed by atoms with Gasteiger partial charge in [0.2, 0.25) is 0 Å². The first-order valence-corrected chi connectivity index (χ1v) is 7.98. The first-order chi connectivity index (χ1) is 11.9. The standard InChI is InChI=1S/C16H13Cl2F2N3O2/c1-2-25-16(24)10(7-22-13-3-4-21-8-12(13)20)5-9-6-11(19)15(18)23-14(9)17/h3-4,6-8,10H,2,5H2,1H3. The van der Waals surface area contributed by atoms with Crippen molar-refractivity contribution in [3.63, 3.8) is 0 Å². The van der Waals surface area contributed by atoms with Crippen LogP contribution in [-0.2, 0) is 16.0 Å². The van der Waals surface area contributed by atoms with E-state index in [1.165, 1.54) is 18.5 Å². The molecule has 0 fully saturated rings. The van der Waals surface area contributed by atoms with Crippen molar-refractivity contribution in [1.29, 1.82) is 0 Å². The Morgan fingerprint density at radius 2 is 2.12 bits per heavy atom. The van der Waals surface area contributed by atoms with Crippen LogP contribution in [0.4, 0.5) is 14.5 Å². The number of halogens is 4. The van der Waals surface area contributed by atoms with Crippen LogP contribution in [0.1, 0.15) is 12.5 Å². The number of esters is 1. The van der Waals surface area contributed by atoms with Crippen LogP contribution in [0.3, 0.4) is 0 Å². The highest BCUT2D eigenvalue weighted by Crippen LogP contribution is 2.23. The second kappa shape index (κ2) is 8.82. The number of ether oxygens (including phenoxy) is 1. The molecule has 0 aliphatic rings. The summed E-state index contributed by atoms with van der Waals surface area (Å²) >= 11 is 11.5. The van der Waals surface area contributed by atoms with E-state index in [1.807, 2.05) is 0 Å². The minimum absolute atomic E-state index is 0.0100. The van der Waals surface area contributed by atoms with Crippen LogP contribution in [0.2, 0.25) is 10.3 Å². The smallest absolute Gasteiger partial charge is 0.314 e. The van der Waals surface area contributed by atoms with Gasteiger partial charge in [0.1, 0.15) is 10.8 Å². The zero-order valence-electron chi connectivity index (χ0n) is 13.0. The second-order valence-electron chi connectivity index (χ2n) is 4.88. The van der Waals surface area contributed by atoms with Gasteiger partial charge in [-0.25, -0.2) is 13.8 Å². The number of carbonyl (C=O) groups excluding carboxylic acids is 1. The molecule has 0 spiro atoms. The summed E-state index contributed by atoms with van der Waals surface area (Å²) in [6, 6.07) is 2.44. The lowest BCUT2D eigenvalue weighted by Crippen LogP contribution is -2.22. The summed E-state index contributed by atoms with van der Waals surface area (Å²) in [5.74, 6) is -2.92. The average Bonchev–Trinajstić information content (AvgIpc) is 2.57. The first kappa shape index (κ1) is 19.2. The predicted molar refractivity (Wildman–Crippen MR) is 90.4 cm³/mol. The SMILES string of the molecule is CCOC(=O)C(C=Nc1ccncc1F)Cc1cc(F)c(Cl)nc1Cl. The number of aliphatic imine (C=N–C) groups is 1. The normalized spacial score (nSPS) is 12.4. The Kier molecular flexibility index (Phi) is 6.78. The number of hydrogen-bond acceptors (Lipinski definition) is 5. The maximum Gasteiger partial charge on any atom is 0.314 e. The quantitative estimate of drug-likeness (QED) is 0.423. The molecule has 0 bridgehead atoms. The molecule has 2 aromatic heterocycles. The van der Waals surface area contributed by atoms with Gasteiger partial charge in [-0.15, -0.1) is 0 Å². The molecule has 0 saturated carbocycles. The summed E-state index contributed by atoms with van der Waals surface area (Å²) in [4.78, 5) is 23.3. The van der Waals surface area contributed by atoms with Gasteiger partial charge < -0.3 is 4.74 Å². The van der Waals surface area contributed by atoms with Crippen molar-refractivity contribution >= 4 is 41.1 Å². The van der Waals surface area contributed by atoms with Crippen LogP contribution in [0, 0.1) is 17.6 Å². The second-order valence-corrected chi connectivity index (χ2v) is 5.59. The van der Waals surface area contributed by atoms with Gasteiger partial charge in [0.05, 0.1) is 18.7 Å². The monoisotopic (exact) mass is 387 g/mol. The third-order valence-electron chi connectivity index (χ3n) is 3.13. The van der Waals surface area contributed by atoms with Crippen molar-refractivity contribution < 1.29 is 18.3 Å². The van der Waals surface area contributed by atoms with Gasteiger partial charge in [0, 0.05) is 12.4 Å². The first-order valence-electron chi connectivity index (χ1n) is 7.23. The highest BCUT2D eigenvalue weighted by atomic mass is 35.5. The Bertz CT molecular complexity index is 803. The number of hydrogen-bond donors (Lipinski definition) is 0. The van der Waals surface area contributed by atoms with Gasteiger partial charge in [-0.05, 0) is 31.0 Å². The molecule has 0 aliphatic heterocycles. The fraction of sp³-hybridized carbons (Fsp3) is 0.250. The number of nitrogens with zero attached hydrogens (tertiary/aromatic N) is 3. The van der Waals surface area contributed by atoms with Crippen molar-refractivity contribution in [1.82, 2.24) is 9.97 Å². The van der Waals surface area contributed by atoms with E-state index in [4.69, 9.17) is 27.9 Å². The summed E-state index contributed by atoms with van der Waals surface area (Å²) in [6.45, 7) is 1.79. The molecular formula is C16H13Cl2F2N3O2. The van der Waals surface area contributed by atoms with Crippen molar-refractivity contribution in [2.24, 2.45) is 10.9 Å². The van der Waals surface area contributed by atoms with E-state index >= 15 is 0 Å². The van der Waals surface area contributed by atoms with Crippen molar-refractivity contribution in [2.45, 2.75) is 13.3 Å². The van der Waals surface area contributed by atoms with Crippen molar-refractivity contribution in [3.8, 4) is 0 Å². The summed E-state index contributed by atoms with van der Waals surface area (Å²) in [5.41, 5.74) is 0.263. The van der Waals surface area contributed by atoms with Crippen LogP contribution >= 0.6 is 23.2 Å². The van der Waals surface area contributed by atoms with E-state index in [0.29, 0.717) is 0 Å². The minimum atomic E-state index is -0.910. The highest BCUT2D eigenvalue weighted by Gasteiger charge is 2.21. The number of pyridine rings is 2. The highest BCUT2D eigenvalue weighted by molar-refractivity contribution is 6.33. The zero-order chi connectivity index (χ0) is 18.4. The van der Waals surface area contributed by atoms with Gasteiger partial charge >= 0.3 is 5.97 Å². The maximum atomic E-state index is 13.6. The molecule has 0 amide bonds. The molecular weight excluding hydrogens is 375 g/mol. The lowest BCUT2D eigenvalue weighted by atomic mass is 10.0. The van der Waals surface area contributed by atoms with Crippen molar-refractivity contribution in [3.05, 3.63) is 52.0 Å². The van der Waals surface area contributed by atoms with E-state index in [-0.39, 0.29) is 34.6 Å². The molecule has 0 aromatic carbocycles. The maximum absolute atomic E-state index is 13.6. The topological polar surface area (TPSA) is 64.4 Å².